The van der Waals surface area contributed by atoms with Crippen molar-refractivity contribution in [2.75, 3.05) is 7.11 Å². The van der Waals surface area contributed by atoms with Crippen LogP contribution in [0.1, 0.15) is 31.2 Å². The number of hydrogen-bond acceptors (Lipinski definition) is 3. The van der Waals surface area contributed by atoms with Gasteiger partial charge in [-0.05, 0) is 30.5 Å². The van der Waals surface area contributed by atoms with Crippen molar-refractivity contribution in [2.45, 2.75) is 50.4 Å². The van der Waals surface area contributed by atoms with Crippen molar-refractivity contribution in [1.82, 2.24) is 5.32 Å². The third-order valence-corrected chi connectivity index (χ3v) is 4.23. The minimum Gasteiger partial charge on any atom is -0.388 e. The number of carbonyl (C=O) groups excluding carboxylic acids is 1. The number of amides is 1. The Morgan fingerprint density at radius 1 is 1.33 bits per heavy atom. The number of halogens is 1. The summed E-state index contributed by atoms with van der Waals surface area (Å²) in [5, 5.41) is 13.9. The van der Waals surface area contributed by atoms with Crippen LogP contribution in [-0.2, 0) is 16.0 Å². The molecule has 4 nitrogen and oxygen atoms in total. The van der Waals surface area contributed by atoms with Crippen LogP contribution in [0.4, 0.5) is 0 Å². The Bertz CT molecular complexity index is 463. The average molecular weight is 312 g/mol. The lowest BCUT2D eigenvalue weighted by atomic mass is 10.0. The summed E-state index contributed by atoms with van der Waals surface area (Å²) in [6, 6.07) is 6.97. The molecule has 1 aromatic rings. The first-order valence-corrected chi connectivity index (χ1v) is 7.72. The first-order valence-electron chi connectivity index (χ1n) is 7.35. The van der Waals surface area contributed by atoms with Gasteiger partial charge in [-0.2, -0.15) is 0 Å². The molecular weight excluding hydrogens is 290 g/mol. The number of rotatable bonds is 4. The van der Waals surface area contributed by atoms with Crippen LogP contribution >= 0.6 is 11.6 Å². The van der Waals surface area contributed by atoms with Gasteiger partial charge < -0.3 is 15.2 Å². The number of hydrogen-bond donors (Lipinski definition) is 2. The van der Waals surface area contributed by atoms with Gasteiger partial charge in [0.2, 0.25) is 5.91 Å². The van der Waals surface area contributed by atoms with E-state index in [0.29, 0.717) is 5.02 Å². The smallest absolute Gasteiger partial charge is 0.224 e. The minimum absolute atomic E-state index is 0.0851. The van der Waals surface area contributed by atoms with Gasteiger partial charge in [-0.25, -0.2) is 0 Å². The summed E-state index contributed by atoms with van der Waals surface area (Å²) in [5.41, 5.74) is 0.906. The molecule has 21 heavy (non-hydrogen) atoms. The molecule has 2 N–H and O–H groups in total. The molecule has 1 aliphatic carbocycles. The molecule has 0 bridgehead atoms. The fourth-order valence-electron chi connectivity index (χ4n) is 2.77. The van der Waals surface area contributed by atoms with E-state index in [1.807, 2.05) is 12.1 Å². The predicted octanol–water partition coefficient (Wildman–Crippen LogP) is 2.32. The number of ether oxygens (including phenoxy) is 1. The number of methoxy groups -OCH3 is 1. The summed E-state index contributed by atoms with van der Waals surface area (Å²) in [6.45, 7) is 0. The van der Waals surface area contributed by atoms with E-state index in [2.05, 4.69) is 5.32 Å². The van der Waals surface area contributed by atoms with Gasteiger partial charge >= 0.3 is 0 Å². The lowest BCUT2D eigenvalue weighted by Gasteiger charge is -2.27. The van der Waals surface area contributed by atoms with E-state index < -0.39 is 6.10 Å². The SMILES string of the molecule is CO[C@@H]1CCCC[C@@H](NC(=O)Cc2ccc(Cl)cc2)[C@H]1O. The standard InChI is InChI=1S/C16H22ClNO3/c1-21-14-5-3-2-4-13(16(14)20)18-15(19)10-11-6-8-12(17)9-7-11/h6-9,13-14,16,20H,2-5,10H2,1H3,(H,18,19)/t13-,14-,16-/m1/s1. The molecule has 1 aromatic carbocycles. The van der Waals surface area contributed by atoms with E-state index >= 15 is 0 Å². The van der Waals surface area contributed by atoms with E-state index in [9.17, 15) is 9.90 Å². The largest absolute Gasteiger partial charge is 0.388 e. The van der Waals surface area contributed by atoms with E-state index in [1.54, 1.807) is 19.2 Å². The van der Waals surface area contributed by atoms with Crippen molar-refractivity contribution in [3.8, 4) is 0 Å². The highest BCUT2D eigenvalue weighted by Crippen LogP contribution is 2.21. The molecule has 1 fully saturated rings. The average Bonchev–Trinajstić information content (AvgIpc) is 2.64. The van der Waals surface area contributed by atoms with Gasteiger partial charge in [0.1, 0.15) is 6.10 Å². The lowest BCUT2D eigenvalue weighted by molar-refractivity contribution is -0.123. The monoisotopic (exact) mass is 311 g/mol. The van der Waals surface area contributed by atoms with Crippen LogP contribution in [0.25, 0.3) is 0 Å². The van der Waals surface area contributed by atoms with Crippen LogP contribution in [0.5, 0.6) is 0 Å². The normalized spacial score (nSPS) is 26.1. The molecule has 1 aliphatic rings. The summed E-state index contributed by atoms with van der Waals surface area (Å²) in [4.78, 5) is 12.1. The van der Waals surface area contributed by atoms with Crippen LogP contribution in [0.15, 0.2) is 24.3 Å². The van der Waals surface area contributed by atoms with Crippen LogP contribution in [0.3, 0.4) is 0 Å². The molecule has 0 saturated heterocycles. The third-order valence-electron chi connectivity index (χ3n) is 3.97. The molecular formula is C16H22ClNO3. The Kier molecular flexibility index (Phi) is 6.03. The van der Waals surface area contributed by atoms with Gasteiger partial charge in [0, 0.05) is 12.1 Å². The summed E-state index contributed by atoms with van der Waals surface area (Å²) >= 11 is 5.83. The Labute approximate surface area is 130 Å². The number of aliphatic hydroxyl groups is 1. The van der Waals surface area contributed by atoms with Crippen molar-refractivity contribution >= 4 is 17.5 Å². The van der Waals surface area contributed by atoms with Crippen LogP contribution in [0.2, 0.25) is 5.02 Å². The minimum atomic E-state index is -0.647. The second-order valence-electron chi connectivity index (χ2n) is 5.53. The highest BCUT2D eigenvalue weighted by atomic mass is 35.5. The molecule has 0 aromatic heterocycles. The molecule has 2 rings (SSSR count). The van der Waals surface area contributed by atoms with Gasteiger partial charge in [0.15, 0.2) is 0 Å². The number of benzene rings is 1. The van der Waals surface area contributed by atoms with Crippen LogP contribution in [0, 0.1) is 0 Å². The number of carbonyl (C=O) groups is 1. The van der Waals surface area contributed by atoms with Gasteiger partial charge in [0.25, 0.3) is 0 Å². The highest BCUT2D eigenvalue weighted by molar-refractivity contribution is 6.30. The summed E-state index contributed by atoms with van der Waals surface area (Å²) < 4.78 is 5.31. The molecule has 0 unspecified atom stereocenters. The molecule has 0 spiro atoms. The van der Waals surface area contributed by atoms with Gasteiger partial charge in [0.05, 0.1) is 18.6 Å². The van der Waals surface area contributed by atoms with Gasteiger partial charge in [-0.3, -0.25) is 4.79 Å². The van der Waals surface area contributed by atoms with Crippen molar-refractivity contribution in [1.29, 1.82) is 0 Å². The van der Waals surface area contributed by atoms with E-state index in [0.717, 1.165) is 31.2 Å². The Morgan fingerprint density at radius 3 is 2.67 bits per heavy atom. The second-order valence-corrected chi connectivity index (χ2v) is 5.96. The maximum absolute atomic E-state index is 12.1. The topological polar surface area (TPSA) is 58.6 Å². The quantitative estimate of drug-likeness (QED) is 0.839. The fraction of sp³-hybridized carbons (Fsp3) is 0.562. The van der Waals surface area contributed by atoms with Gasteiger partial charge in [-0.1, -0.05) is 36.6 Å². The van der Waals surface area contributed by atoms with Crippen molar-refractivity contribution in [2.24, 2.45) is 0 Å². The van der Waals surface area contributed by atoms with Crippen molar-refractivity contribution < 1.29 is 14.6 Å². The van der Waals surface area contributed by atoms with Gasteiger partial charge in [-0.15, -0.1) is 0 Å². The van der Waals surface area contributed by atoms with Crippen LogP contribution in [-0.4, -0.2) is 36.4 Å². The zero-order valence-electron chi connectivity index (χ0n) is 12.2. The molecule has 0 radical (unpaired) electrons. The summed E-state index contributed by atoms with van der Waals surface area (Å²) in [6.07, 6.45) is 3.06. The molecule has 116 valence electrons. The van der Waals surface area contributed by atoms with Crippen LogP contribution < -0.4 is 5.32 Å². The fourth-order valence-corrected chi connectivity index (χ4v) is 2.90. The summed E-state index contributed by atoms with van der Waals surface area (Å²) in [5.74, 6) is -0.0851. The zero-order valence-corrected chi connectivity index (χ0v) is 13.0. The van der Waals surface area contributed by atoms with Crippen molar-refractivity contribution in [3.63, 3.8) is 0 Å². The Balaban J connectivity index is 1.92. The molecule has 1 saturated carbocycles. The lowest BCUT2D eigenvalue weighted by Crippen LogP contribution is -2.48. The van der Waals surface area contributed by atoms with E-state index in [1.165, 1.54) is 0 Å². The number of aliphatic hydroxyl groups excluding tert-OH is 1. The molecule has 3 atom stereocenters. The molecule has 0 aliphatic heterocycles. The second kappa shape index (κ2) is 7.78. The Morgan fingerprint density at radius 2 is 2.00 bits per heavy atom. The maximum atomic E-state index is 12.1. The Hall–Kier alpha value is -1.10. The predicted molar refractivity (Wildman–Crippen MR) is 82.4 cm³/mol. The number of nitrogens with one attached hydrogen (secondary N) is 1. The molecule has 5 heteroatoms. The summed E-state index contributed by atoms with van der Waals surface area (Å²) in [7, 11) is 1.60. The highest BCUT2D eigenvalue weighted by Gasteiger charge is 2.30. The molecule has 1 amide bonds. The first-order chi connectivity index (χ1) is 10.1. The third kappa shape index (κ3) is 4.70. The first kappa shape index (κ1) is 16.3. The zero-order chi connectivity index (χ0) is 15.2. The van der Waals surface area contributed by atoms with E-state index in [4.69, 9.17) is 16.3 Å². The van der Waals surface area contributed by atoms with E-state index in [-0.39, 0.29) is 24.5 Å². The van der Waals surface area contributed by atoms with Crippen molar-refractivity contribution in [3.05, 3.63) is 34.9 Å². The molecule has 0 heterocycles. The maximum Gasteiger partial charge on any atom is 0.224 e.